The monoisotopic (exact) mass is 234 g/mol. The Kier molecular flexibility index (Phi) is 6.40. The van der Waals surface area contributed by atoms with E-state index >= 15 is 0 Å². The van der Waals surface area contributed by atoms with Gasteiger partial charge in [0.25, 0.3) is 0 Å². The second-order valence-electron chi connectivity index (χ2n) is 2.85. The highest BCUT2D eigenvalue weighted by molar-refractivity contribution is 7.45. The molecule has 1 atom stereocenters. The third-order valence-electron chi connectivity index (χ3n) is 1.57. The molecule has 0 radical (unpaired) electrons. The van der Waals surface area contributed by atoms with Gasteiger partial charge in [0, 0.05) is 0 Å². The molecule has 1 rings (SSSR count). The van der Waals surface area contributed by atoms with Gasteiger partial charge in [-0.2, -0.15) is 0 Å². The van der Waals surface area contributed by atoms with Crippen molar-refractivity contribution in [3.63, 3.8) is 0 Å². The number of phosphoric acid groups is 1. The maximum atomic E-state index is 9.33. The third kappa shape index (κ3) is 9.59. The fourth-order valence-corrected chi connectivity index (χ4v) is 0.911. The Balaban J connectivity index is 0.000000336. The van der Waals surface area contributed by atoms with Gasteiger partial charge in [-0.25, -0.2) is 4.57 Å². The summed E-state index contributed by atoms with van der Waals surface area (Å²) in [6.07, 6.45) is 0.491. The molecule has 0 aliphatic rings. The van der Waals surface area contributed by atoms with Crippen LogP contribution in [0, 0.1) is 0 Å². The van der Waals surface area contributed by atoms with Crippen molar-refractivity contribution in [2.45, 2.75) is 19.4 Å². The topological polar surface area (TPSA) is 98.0 Å². The highest BCUT2D eigenvalue weighted by Crippen LogP contribution is 2.25. The van der Waals surface area contributed by atoms with Crippen molar-refractivity contribution in [1.82, 2.24) is 0 Å². The predicted molar refractivity (Wildman–Crippen MR) is 56.0 cm³/mol. The summed E-state index contributed by atoms with van der Waals surface area (Å²) >= 11 is 0. The minimum atomic E-state index is -4.64. The Morgan fingerprint density at radius 3 is 1.93 bits per heavy atom. The standard InChI is InChI=1S/C9H12O.H3O4P/c1-2-9(10)8-6-4-3-5-7-8;1-5(2,3)4/h3-7,9-10H,2H2,1H3;(H3,1,2,3,4). The molecule has 0 saturated carbocycles. The Bertz CT molecular complexity index is 299. The zero-order valence-electron chi connectivity index (χ0n) is 8.32. The van der Waals surface area contributed by atoms with Crippen LogP contribution < -0.4 is 0 Å². The number of rotatable bonds is 2. The van der Waals surface area contributed by atoms with E-state index in [1.54, 1.807) is 0 Å². The van der Waals surface area contributed by atoms with Crippen molar-refractivity contribution in [3.05, 3.63) is 35.9 Å². The number of aliphatic hydroxyl groups excluding tert-OH is 1. The van der Waals surface area contributed by atoms with E-state index in [0.717, 1.165) is 12.0 Å². The van der Waals surface area contributed by atoms with Crippen LogP contribution in [0.2, 0.25) is 0 Å². The minimum absolute atomic E-state index is 0.291. The predicted octanol–water partition coefficient (Wildman–Crippen LogP) is 1.20. The number of hydrogen-bond donors (Lipinski definition) is 4. The molecule has 15 heavy (non-hydrogen) atoms. The number of benzene rings is 1. The first-order chi connectivity index (χ1) is 6.84. The summed E-state index contributed by atoms with van der Waals surface area (Å²) in [6, 6.07) is 9.70. The summed E-state index contributed by atoms with van der Waals surface area (Å²) in [5.74, 6) is 0. The van der Waals surface area contributed by atoms with Gasteiger partial charge in [0.15, 0.2) is 0 Å². The van der Waals surface area contributed by atoms with E-state index in [4.69, 9.17) is 19.2 Å². The van der Waals surface area contributed by atoms with Crippen LogP contribution in [0.15, 0.2) is 30.3 Å². The Morgan fingerprint density at radius 1 is 1.20 bits per heavy atom. The van der Waals surface area contributed by atoms with Gasteiger partial charge in [-0.1, -0.05) is 37.3 Å². The van der Waals surface area contributed by atoms with E-state index in [1.165, 1.54) is 0 Å². The summed E-state index contributed by atoms with van der Waals surface area (Å²) in [7, 11) is -4.64. The molecular formula is C9H15O5P. The SMILES string of the molecule is CCC(O)c1ccccc1.O=P(O)(O)O. The lowest BCUT2D eigenvalue weighted by Gasteiger charge is -2.05. The Labute approximate surface area is 88.3 Å². The number of aliphatic hydroxyl groups is 1. The zero-order chi connectivity index (χ0) is 11.9. The highest BCUT2D eigenvalue weighted by atomic mass is 31.2. The summed E-state index contributed by atoms with van der Waals surface area (Å²) in [6.45, 7) is 1.97. The summed E-state index contributed by atoms with van der Waals surface area (Å²) in [4.78, 5) is 21.6. The normalized spacial score (nSPS) is 12.6. The van der Waals surface area contributed by atoms with Crippen LogP contribution in [0.3, 0.4) is 0 Å². The molecule has 0 bridgehead atoms. The molecule has 0 saturated heterocycles. The lowest BCUT2D eigenvalue weighted by atomic mass is 10.1. The maximum absolute atomic E-state index is 9.33. The lowest BCUT2D eigenvalue weighted by molar-refractivity contribution is 0.173. The molecule has 0 heterocycles. The molecule has 1 aromatic rings. The van der Waals surface area contributed by atoms with Crippen LogP contribution in [0.1, 0.15) is 25.0 Å². The second kappa shape index (κ2) is 6.71. The molecule has 1 aromatic carbocycles. The van der Waals surface area contributed by atoms with Crippen LogP contribution in [0.25, 0.3) is 0 Å². The van der Waals surface area contributed by atoms with Crippen molar-refractivity contribution in [3.8, 4) is 0 Å². The molecule has 0 fully saturated rings. The molecular weight excluding hydrogens is 219 g/mol. The molecule has 4 N–H and O–H groups in total. The Morgan fingerprint density at radius 2 is 1.60 bits per heavy atom. The summed E-state index contributed by atoms with van der Waals surface area (Å²) in [5.41, 5.74) is 1.00. The van der Waals surface area contributed by atoms with Crippen molar-refractivity contribution in [2.75, 3.05) is 0 Å². The first-order valence-electron chi connectivity index (χ1n) is 4.36. The van der Waals surface area contributed by atoms with Crippen LogP contribution in [-0.2, 0) is 4.57 Å². The van der Waals surface area contributed by atoms with Gasteiger partial charge >= 0.3 is 7.82 Å². The minimum Gasteiger partial charge on any atom is -0.388 e. The summed E-state index contributed by atoms with van der Waals surface area (Å²) < 4.78 is 8.88. The fourth-order valence-electron chi connectivity index (χ4n) is 0.911. The molecule has 0 aliphatic carbocycles. The molecule has 86 valence electrons. The molecule has 0 aromatic heterocycles. The largest absolute Gasteiger partial charge is 0.466 e. The summed E-state index contributed by atoms with van der Waals surface area (Å²) in [5, 5.41) is 9.33. The van der Waals surface area contributed by atoms with Gasteiger partial charge in [0.1, 0.15) is 0 Å². The van der Waals surface area contributed by atoms with Gasteiger partial charge in [0.2, 0.25) is 0 Å². The molecule has 0 amide bonds. The van der Waals surface area contributed by atoms with E-state index in [1.807, 2.05) is 37.3 Å². The van der Waals surface area contributed by atoms with Crippen LogP contribution in [-0.4, -0.2) is 19.8 Å². The van der Waals surface area contributed by atoms with E-state index in [9.17, 15) is 5.11 Å². The van der Waals surface area contributed by atoms with Gasteiger partial charge in [-0.15, -0.1) is 0 Å². The van der Waals surface area contributed by atoms with Crippen molar-refractivity contribution in [2.24, 2.45) is 0 Å². The van der Waals surface area contributed by atoms with Crippen LogP contribution in [0.4, 0.5) is 0 Å². The van der Waals surface area contributed by atoms with Crippen LogP contribution >= 0.6 is 7.82 Å². The fraction of sp³-hybridized carbons (Fsp3) is 0.333. The van der Waals surface area contributed by atoms with Crippen molar-refractivity contribution < 1.29 is 24.4 Å². The van der Waals surface area contributed by atoms with Crippen molar-refractivity contribution >= 4 is 7.82 Å². The molecule has 0 aliphatic heterocycles. The zero-order valence-corrected chi connectivity index (χ0v) is 9.21. The van der Waals surface area contributed by atoms with Gasteiger partial charge in [0.05, 0.1) is 6.10 Å². The van der Waals surface area contributed by atoms with E-state index < -0.39 is 7.82 Å². The van der Waals surface area contributed by atoms with E-state index in [-0.39, 0.29) is 6.10 Å². The van der Waals surface area contributed by atoms with Crippen molar-refractivity contribution in [1.29, 1.82) is 0 Å². The quantitative estimate of drug-likeness (QED) is 0.576. The van der Waals surface area contributed by atoms with E-state index in [2.05, 4.69) is 0 Å². The first-order valence-corrected chi connectivity index (χ1v) is 5.92. The van der Waals surface area contributed by atoms with Gasteiger partial charge in [-0.3, -0.25) is 0 Å². The maximum Gasteiger partial charge on any atom is 0.466 e. The third-order valence-corrected chi connectivity index (χ3v) is 1.57. The van der Waals surface area contributed by atoms with Gasteiger partial charge in [-0.05, 0) is 12.0 Å². The molecule has 0 spiro atoms. The molecule has 5 nitrogen and oxygen atoms in total. The average molecular weight is 234 g/mol. The molecule has 1 unspecified atom stereocenters. The smallest absolute Gasteiger partial charge is 0.388 e. The highest BCUT2D eigenvalue weighted by Gasteiger charge is 2.01. The lowest BCUT2D eigenvalue weighted by Crippen LogP contribution is -1.93. The van der Waals surface area contributed by atoms with Crippen LogP contribution in [0.5, 0.6) is 0 Å². The number of hydrogen-bond acceptors (Lipinski definition) is 2. The molecule has 6 heteroatoms. The van der Waals surface area contributed by atoms with Gasteiger partial charge < -0.3 is 19.8 Å². The second-order valence-corrected chi connectivity index (χ2v) is 3.87. The first kappa shape index (κ1) is 14.3. The van der Waals surface area contributed by atoms with E-state index in [0.29, 0.717) is 0 Å². The Hall–Kier alpha value is -0.710. The average Bonchev–Trinajstić information content (AvgIpc) is 2.15.